The van der Waals surface area contributed by atoms with Crippen molar-refractivity contribution in [2.24, 2.45) is 0 Å². The summed E-state index contributed by atoms with van der Waals surface area (Å²) >= 11 is 0. The van der Waals surface area contributed by atoms with Crippen LogP contribution < -0.4 is 20.1 Å². The number of rotatable bonds is 10. The molecule has 0 unspecified atom stereocenters. The largest absolute Gasteiger partial charge is 0.493 e. The molecule has 6 heteroatoms. The predicted octanol–water partition coefficient (Wildman–Crippen LogP) is 2.91. The molecule has 0 aromatic heterocycles. The average molecular weight is 393 g/mol. The Bertz CT molecular complexity index is 900. The second kappa shape index (κ2) is 11.4. The van der Waals surface area contributed by atoms with Crippen LogP contribution in [0.5, 0.6) is 11.5 Å². The fourth-order valence-electron chi connectivity index (χ4n) is 2.87. The molecular formula is C23H27N3O3. The maximum Gasteiger partial charge on any atom is 0.263 e. The lowest BCUT2D eigenvalue weighted by molar-refractivity contribution is -0.117. The second-order valence-corrected chi connectivity index (χ2v) is 6.50. The summed E-state index contributed by atoms with van der Waals surface area (Å²) in [6.07, 6.45) is 2.92. The molecule has 152 valence electrons. The van der Waals surface area contributed by atoms with E-state index in [0.717, 1.165) is 12.0 Å². The number of nitriles is 1. The van der Waals surface area contributed by atoms with Crippen molar-refractivity contribution in [3.63, 3.8) is 0 Å². The molecule has 0 saturated carbocycles. The van der Waals surface area contributed by atoms with Crippen molar-refractivity contribution in [2.75, 3.05) is 27.3 Å². The third-order valence-corrected chi connectivity index (χ3v) is 4.56. The van der Waals surface area contributed by atoms with E-state index >= 15 is 0 Å². The van der Waals surface area contributed by atoms with E-state index in [1.165, 1.54) is 17.3 Å². The lowest BCUT2D eigenvalue weighted by atomic mass is 10.1. The molecule has 0 aliphatic heterocycles. The summed E-state index contributed by atoms with van der Waals surface area (Å²) in [5.74, 6) is 0.912. The van der Waals surface area contributed by atoms with Crippen molar-refractivity contribution in [1.82, 2.24) is 10.6 Å². The van der Waals surface area contributed by atoms with E-state index < -0.39 is 5.91 Å². The molecule has 0 atom stereocenters. The number of carbonyl (C=O) groups is 1. The minimum atomic E-state index is -0.392. The SMILES string of the molecule is COc1ccc(CCNC(=O)/C(C#N)=C\NCCc2ccccc2C)cc1OC. The highest BCUT2D eigenvalue weighted by Gasteiger charge is 2.09. The summed E-state index contributed by atoms with van der Waals surface area (Å²) in [4.78, 5) is 12.2. The molecule has 0 aliphatic carbocycles. The fourth-order valence-corrected chi connectivity index (χ4v) is 2.87. The van der Waals surface area contributed by atoms with Crippen molar-refractivity contribution < 1.29 is 14.3 Å². The van der Waals surface area contributed by atoms with E-state index in [1.807, 2.05) is 36.4 Å². The van der Waals surface area contributed by atoms with Gasteiger partial charge in [-0.15, -0.1) is 0 Å². The molecule has 0 fully saturated rings. The van der Waals surface area contributed by atoms with Gasteiger partial charge in [-0.25, -0.2) is 0 Å². The quantitative estimate of drug-likeness (QED) is 0.368. The number of hydrogen-bond acceptors (Lipinski definition) is 5. The van der Waals surface area contributed by atoms with Gasteiger partial charge in [0.15, 0.2) is 11.5 Å². The molecule has 0 bridgehead atoms. The van der Waals surface area contributed by atoms with Crippen LogP contribution in [0, 0.1) is 18.3 Å². The first kappa shape index (κ1) is 21.8. The number of benzene rings is 2. The summed E-state index contributed by atoms with van der Waals surface area (Å²) in [6.45, 7) is 3.13. The molecule has 2 aromatic carbocycles. The molecule has 2 aromatic rings. The van der Waals surface area contributed by atoms with Gasteiger partial charge in [-0.3, -0.25) is 4.79 Å². The average Bonchev–Trinajstić information content (AvgIpc) is 2.74. The molecular weight excluding hydrogens is 366 g/mol. The first-order valence-corrected chi connectivity index (χ1v) is 9.46. The van der Waals surface area contributed by atoms with E-state index in [9.17, 15) is 10.1 Å². The molecule has 0 aliphatic rings. The maximum atomic E-state index is 12.2. The van der Waals surface area contributed by atoms with Gasteiger partial charge in [0.2, 0.25) is 0 Å². The van der Waals surface area contributed by atoms with Crippen molar-refractivity contribution in [2.45, 2.75) is 19.8 Å². The first-order chi connectivity index (χ1) is 14.1. The van der Waals surface area contributed by atoms with Crippen LogP contribution in [0.15, 0.2) is 54.2 Å². The van der Waals surface area contributed by atoms with Gasteiger partial charge in [-0.1, -0.05) is 30.3 Å². The molecule has 2 rings (SSSR count). The highest BCUT2D eigenvalue weighted by atomic mass is 16.5. The van der Waals surface area contributed by atoms with Crippen molar-refractivity contribution in [1.29, 1.82) is 5.26 Å². The van der Waals surface area contributed by atoms with Gasteiger partial charge in [0.25, 0.3) is 5.91 Å². The van der Waals surface area contributed by atoms with Gasteiger partial charge < -0.3 is 20.1 Å². The van der Waals surface area contributed by atoms with Crippen LogP contribution in [0.3, 0.4) is 0 Å². The summed E-state index contributed by atoms with van der Waals surface area (Å²) < 4.78 is 10.5. The number of ether oxygens (including phenoxy) is 2. The van der Waals surface area contributed by atoms with Crippen molar-refractivity contribution in [3.05, 3.63) is 70.9 Å². The molecule has 0 spiro atoms. The monoisotopic (exact) mass is 393 g/mol. The number of carbonyl (C=O) groups excluding carboxylic acids is 1. The number of nitrogens with zero attached hydrogens (tertiary/aromatic N) is 1. The van der Waals surface area contributed by atoms with Gasteiger partial charge in [-0.2, -0.15) is 5.26 Å². The van der Waals surface area contributed by atoms with Gasteiger partial charge in [0.1, 0.15) is 11.6 Å². The summed E-state index contributed by atoms with van der Waals surface area (Å²) in [7, 11) is 3.17. The van der Waals surface area contributed by atoms with Gasteiger partial charge in [0.05, 0.1) is 14.2 Å². The van der Waals surface area contributed by atoms with Gasteiger partial charge >= 0.3 is 0 Å². The Morgan fingerprint density at radius 3 is 2.52 bits per heavy atom. The van der Waals surface area contributed by atoms with Crippen molar-refractivity contribution >= 4 is 5.91 Å². The number of hydrogen-bond donors (Lipinski definition) is 2. The summed E-state index contributed by atoms with van der Waals surface area (Å²) in [5, 5.41) is 15.1. The zero-order valence-electron chi connectivity index (χ0n) is 17.1. The summed E-state index contributed by atoms with van der Waals surface area (Å²) in [6, 6.07) is 15.7. The van der Waals surface area contributed by atoms with Crippen LogP contribution in [-0.2, 0) is 17.6 Å². The van der Waals surface area contributed by atoms with Gasteiger partial charge in [-0.05, 0) is 48.6 Å². The smallest absolute Gasteiger partial charge is 0.263 e. The van der Waals surface area contributed by atoms with Crippen LogP contribution in [0.1, 0.15) is 16.7 Å². The molecule has 0 heterocycles. The Morgan fingerprint density at radius 1 is 1.07 bits per heavy atom. The lowest BCUT2D eigenvalue weighted by Crippen LogP contribution is -2.28. The molecule has 29 heavy (non-hydrogen) atoms. The standard InChI is InChI=1S/C23H27N3O3/c1-17-6-4-5-7-19(17)11-12-25-16-20(15-24)23(27)26-13-10-18-8-9-21(28-2)22(14-18)29-3/h4-9,14,16,25H,10-13H2,1-3H3,(H,26,27)/b20-16-. The van der Waals surface area contributed by atoms with Crippen LogP contribution in [0.25, 0.3) is 0 Å². The van der Waals surface area contributed by atoms with Crippen LogP contribution in [-0.4, -0.2) is 33.2 Å². The Balaban J connectivity index is 1.81. The zero-order chi connectivity index (χ0) is 21.1. The molecule has 0 saturated heterocycles. The molecule has 2 N–H and O–H groups in total. The number of amides is 1. The highest BCUT2D eigenvalue weighted by Crippen LogP contribution is 2.27. The highest BCUT2D eigenvalue weighted by molar-refractivity contribution is 5.97. The molecule has 6 nitrogen and oxygen atoms in total. The number of methoxy groups -OCH3 is 2. The fraction of sp³-hybridized carbons (Fsp3) is 0.304. The minimum absolute atomic E-state index is 0.0575. The Hall–Kier alpha value is -3.46. The van der Waals surface area contributed by atoms with Crippen LogP contribution in [0.2, 0.25) is 0 Å². The van der Waals surface area contributed by atoms with E-state index in [4.69, 9.17) is 9.47 Å². The zero-order valence-corrected chi connectivity index (χ0v) is 17.1. The maximum absolute atomic E-state index is 12.2. The van der Waals surface area contributed by atoms with E-state index in [1.54, 1.807) is 14.2 Å². The third-order valence-electron chi connectivity index (χ3n) is 4.56. The topological polar surface area (TPSA) is 83.4 Å². The Kier molecular flexibility index (Phi) is 8.58. The normalized spacial score (nSPS) is 10.8. The number of aryl methyl sites for hydroxylation is 1. The number of nitrogens with one attached hydrogen (secondary N) is 2. The third kappa shape index (κ3) is 6.58. The second-order valence-electron chi connectivity index (χ2n) is 6.50. The van der Waals surface area contributed by atoms with Crippen LogP contribution >= 0.6 is 0 Å². The van der Waals surface area contributed by atoms with E-state index in [-0.39, 0.29) is 5.57 Å². The Morgan fingerprint density at radius 2 is 1.83 bits per heavy atom. The summed E-state index contributed by atoms with van der Waals surface area (Å²) in [5.41, 5.74) is 3.53. The van der Waals surface area contributed by atoms with Crippen LogP contribution in [0.4, 0.5) is 0 Å². The molecule has 1 amide bonds. The predicted molar refractivity (Wildman–Crippen MR) is 113 cm³/mol. The van der Waals surface area contributed by atoms with E-state index in [2.05, 4.69) is 29.7 Å². The Labute approximate surface area is 172 Å². The van der Waals surface area contributed by atoms with Crippen molar-refractivity contribution in [3.8, 4) is 17.6 Å². The van der Waals surface area contributed by atoms with E-state index in [0.29, 0.717) is 31.0 Å². The first-order valence-electron chi connectivity index (χ1n) is 9.46. The van der Waals surface area contributed by atoms with Gasteiger partial charge in [0, 0.05) is 19.3 Å². The lowest BCUT2D eigenvalue weighted by Gasteiger charge is -2.10. The molecule has 0 radical (unpaired) electrons. The minimum Gasteiger partial charge on any atom is -0.493 e.